The Hall–Kier alpha value is -1.88. The van der Waals surface area contributed by atoms with Crippen molar-refractivity contribution < 1.29 is 24.1 Å². The molecule has 2 aliphatic rings. The minimum atomic E-state index is -1.86. The summed E-state index contributed by atoms with van der Waals surface area (Å²) in [5.74, 6) is 1.76. The number of ether oxygens (including phenoxy) is 1. The summed E-state index contributed by atoms with van der Waals surface area (Å²) in [4.78, 5) is 12.3. The summed E-state index contributed by atoms with van der Waals surface area (Å²) in [7, 11) is 0. The van der Waals surface area contributed by atoms with Crippen LogP contribution in [0.5, 0.6) is 0 Å². The van der Waals surface area contributed by atoms with Gasteiger partial charge in [0.25, 0.3) is 5.91 Å². The molecule has 0 aliphatic carbocycles. The van der Waals surface area contributed by atoms with Gasteiger partial charge in [0.15, 0.2) is 18.0 Å². The number of aliphatic hydroxyl groups excluding tert-OH is 2. The molecule has 0 unspecified atom stereocenters. The van der Waals surface area contributed by atoms with E-state index in [1.54, 1.807) is 0 Å². The van der Waals surface area contributed by atoms with Crippen LogP contribution >= 0.6 is 0 Å². The van der Waals surface area contributed by atoms with E-state index in [0.29, 0.717) is 0 Å². The van der Waals surface area contributed by atoms with Crippen molar-refractivity contribution in [1.29, 1.82) is 0 Å². The van der Waals surface area contributed by atoms with Gasteiger partial charge in [0.2, 0.25) is 0 Å². The lowest BCUT2D eigenvalue weighted by Crippen LogP contribution is -2.45. The normalized spacial score (nSPS) is 38.2. The number of carbonyl (C=O) groups excluding carboxylic acids is 1. The van der Waals surface area contributed by atoms with E-state index in [-0.39, 0.29) is 5.82 Å². The molecule has 4 atom stereocenters. The fourth-order valence-electron chi connectivity index (χ4n) is 1.99. The van der Waals surface area contributed by atoms with Gasteiger partial charge >= 0.3 is 0 Å². The molecule has 0 aromatic heterocycles. The molecule has 19 heavy (non-hydrogen) atoms. The molecule has 0 radical (unpaired) electrons. The van der Waals surface area contributed by atoms with E-state index < -0.39 is 36.6 Å². The van der Waals surface area contributed by atoms with Crippen LogP contribution in [-0.4, -0.2) is 51.7 Å². The number of terminal acetylenes is 1. The van der Waals surface area contributed by atoms with Gasteiger partial charge in [-0.05, 0) is 0 Å². The molecule has 6 nitrogen and oxygen atoms in total. The zero-order valence-corrected chi connectivity index (χ0v) is 9.91. The summed E-state index contributed by atoms with van der Waals surface area (Å²) in [5.41, 5.74) is -1.81. The van der Waals surface area contributed by atoms with E-state index >= 15 is 0 Å². The third-order valence-corrected chi connectivity index (χ3v) is 3.10. The second-order valence-electron chi connectivity index (χ2n) is 4.25. The van der Waals surface area contributed by atoms with Crippen LogP contribution in [0, 0.1) is 12.3 Å². The number of hydrogen-bond donors (Lipinski definition) is 3. The lowest BCUT2D eigenvalue weighted by molar-refractivity contribution is -0.120. The summed E-state index contributed by atoms with van der Waals surface area (Å²) in [6, 6.07) is 0. The Bertz CT molecular complexity index is 487. The lowest BCUT2D eigenvalue weighted by atomic mass is 9.98. The number of amides is 1. The first-order valence-electron chi connectivity index (χ1n) is 5.50. The highest BCUT2D eigenvalue weighted by Gasteiger charge is 2.56. The van der Waals surface area contributed by atoms with Crippen molar-refractivity contribution in [3.8, 4) is 12.3 Å². The van der Waals surface area contributed by atoms with Crippen LogP contribution in [-0.2, 0) is 9.53 Å². The first-order valence-corrected chi connectivity index (χ1v) is 5.50. The average Bonchev–Trinajstić information content (AvgIpc) is 2.64. The molecule has 1 amide bonds. The SMILES string of the molecule is C#C[C@]1(CO)O[C@@H](N2C=CC(=O)NC2=C)[C@@H](F)[C@@H]1O. The van der Waals surface area contributed by atoms with Crippen molar-refractivity contribution >= 4 is 5.91 Å². The van der Waals surface area contributed by atoms with Gasteiger partial charge in [0, 0.05) is 12.3 Å². The van der Waals surface area contributed by atoms with E-state index in [1.165, 1.54) is 11.1 Å². The monoisotopic (exact) mass is 268 g/mol. The second-order valence-corrected chi connectivity index (χ2v) is 4.25. The van der Waals surface area contributed by atoms with Gasteiger partial charge in [-0.2, -0.15) is 0 Å². The smallest absolute Gasteiger partial charge is 0.250 e. The van der Waals surface area contributed by atoms with Crippen LogP contribution in [0.2, 0.25) is 0 Å². The van der Waals surface area contributed by atoms with E-state index in [4.69, 9.17) is 11.2 Å². The molecular formula is C12H13FN2O4. The Morgan fingerprint density at radius 1 is 1.74 bits per heavy atom. The van der Waals surface area contributed by atoms with E-state index in [2.05, 4.69) is 17.8 Å². The third kappa shape index (κ3) is 2.00. The molecule has 0 saturated carbocycles. The molecule has 3 N–H and O–H groups in total. The molecule has 0 bridgehead atoms. The van der Waals surface area contributed by atoms with Crippen LogP contribution in [0.25, 0.3) is 0 Å². The first kappa shape index (κ1) is 13.5. The Balaban J connectivity index is 2.28. The van der Waals surface area contributed by atoms with Crippen molar-refractivity contribution in [3.05, 3.63) is 24.7 Å². The van der Waals surface area contributed by atoms with Crippen LogP contribution < -0.4 is 5.32 Å². The van der Waals surface area contributed by atoms with Crippen molar-refractivity contribution in [3.63, 3.8) is 0 Å². The predicted octanol–water partition coefficient (Wildman–Crippen LogP) is -1.18. The average molecular weight is 268 g/mol. The molecule has 0 aromatic rings. The fraction of sp³-hybridized carbons (Fsp3) is 0.417. The number of aliphatic hydroxyl groups is 2. The van der Waals surface area contributed by atoms with Crippen LogP contribution in [0.15, 0.2) is 24.7 Å². The number of rotatable bonds is 2. The van der Waals surface area contributed by atoms with Crippen molar-refractivity contribution in [2.24, 2.45) is 0 Å². The molecule has 7 heteroatoms. The maximum atomic E-state index is 14.1. The van der Waals surface area contributed by atoms with Crippen LogP contribution in [0.4, 0.5) is 4.39 Å². The highest BCUT2D eigenvalue weighted by Crippen LogP contribution is 2.35. The minimum Gasteiger partial charge on any atom is -0.392 e. The summed E-state index contributed by atoms with van der Waals surface area (Å²) >= 11 is 0. The summed E-state index contributed by atoms with van der Waals surface area (Å²) < 4.78 is 19.4. The number of halogens is 1. The highest BCUT2D eigenvalue weighted by molar-refractivity contribution is 5.89. The number of hydrogen-bond acceptors (Lipinski definition) is 5. The predicted molar refractivity (Wildman–Crippen MR) is 62.7 cm³/mol. The van der Waals surface area contributed by atoms with Crippen LogP contribution in [0.1, 0.15) is 0 Å². The molecule has 0 spiro atoms. The van der Waals surface area contributed by atoms with Crippen molar-refractivity contribution in [2.45, 2.75) is 24.1 Å². The molecular weight excluding hydrogens is 255 g/mol. The molecule has 2 rings (SSSR count). The molecule has 1 fully saturated rings. The van der Waals surface area contributed by atoms with Gasteiger partial charge < -0.3 is 25.2 Å². The largest absolute Gasteiger partial charge is 0.392 e. The standard InChI is InChI=1S/C12H13FN2O4/c1-3-12(6-16)10(18)9(13)11(19-12)15-5-4-8(17)14-7(15)2/h1,4-5,9-11,16,18H,2,6H2,(H,14,17)/t9-,10-,11+,12+/m0/s1. The Labute approximate surface area is 109 Å². The molecule has 1 saturated heterocycles. The van der Waals surface area contributed by atoms with Gasteiger partial charge in [0.1, 0.15) is 11.9 Å². The third-order valence-electron chi connectivity index (χ3n) is 3.10. The quantitative estimate of drug-likeness (QED) is 0.549. The van der Waals surface area contributed by atoms with E-state index in [0.717, 1.165) is 6.08 Å². The van der Waals surface area contributed by atoms with Gasteiger partial charge in [-0.15, -0.1) is 6.42 Å². The lowest BCUT2D eigenvalue weighted by Gasteiger charge is -2.32. The number of nitrogens with zero attached hydrogens (tertiary/aromatic N) is 1. The van der Waals surface area contributed by atoms with Gasteiger partial charge in [-0.25, -0.2) is 4.39 Å². The van der Waals surface area contributed by atoms with Gasteiger partial charge in [-0.3, -0.25) is 4.79 Å². The molecule has 0 aromatic carbocycles. The van der Waals surface area contributed by atoms with Crippen LogP contribution in [0.3, 0.4) is 0 Å². The fourth-order valence-corrected chi connectivity index (χ4v) is 1.99. The zero-order chi connectivity index (χ0) is 14.2. The molecule has 2 aliphatic heterocycles. The zero-order valence-electron chi connectivity index (χ0n) is 9.91. The Morgan fingerprint density at radius 3 is 2.89 bits per heavy atom. The minimum absolute atomic E-state index is 0.0955. The van der Waals surface area contributed by atoms with E-state index in [1.807, 2.05) is 0 Å². The van der Waals surface area contributed by atoms with Gasteiger partial charge in [-0.1, -0.05) is 12.5 Å². The van der Waals surface area contributed by atoms with Crippen molar-refractivity contribution in [2.75, 3.05) is 6.61 Å². The second kappa shape index (κ2) is 4.66. The van der Waals surface area contributed by atoms with E-state index in [9.17, 15) is 19.4 Å². The summed E-state index contributed by atoms with van der Waals surface area (Å²) in [6.07, 6.45) is 2.81. The maximum Gasteiger partial charge on any atom is 0.250 e. The number of nitrogens with one attached hydrogen (secondary N) is 1. The van der Waals surface area contributed by atoms with Gasteiger partial charge in [0.05, 0.1) is 6.61 Å². The molecule has 102 valence electrons. The summed E-state index contributed by atoms with van der Waals surface area (Å²) in [6.45, 7) is 2.83. The summed E-state index contributed by atoms with van der Waals surface area (Å²) in [5, 5.41) is 21.4. The number of alkyl halides is 1. The topological polar surface area (TPSA) is 82.0 Å². The maximum absolute atomic E-state index is 14.1. The Kier molecular flexibility index (Phi) is 3.32. The Morgan fingerprint density at radius 2 is 2.42 bits per heavy atom. The number of carbonyl (C=O) groups is 1. The first-order chi connectivity index (χ1) is 8.95. The highest BCUT2D eigenvalue weighted by atomic mass is 19.1. The molecule has 2 heterocycles. The van der Waals surface area contributed by atoms with Crippen molar-refractivity contribution in [1.82, 2.24) is 10.2 Å².